The monoisotopic (exact) mass is 474 g/mol. The van der Waals surface area contributed by atoms with Crippen LogP contribution in [0.3, 0.4) is 0 Å². The van der Waals surface area contributed by atoms with Crippen LogP contribution in [0.5, 0.6) is 0 Å². The minimum Gasteiger partial charge on any atom is -0.351 e. The summed E-state index contributed by atoms with van der Waals surface area (Å²) in [7, 11) is 0. The fourth-order valence-corrected chi connectivity index (χ4v) is 5.66. The van der Waals surface area contributed by atoms with Gasteiger partial charge in [0.2, 0.25) is 0 Å². The third-order valence-electron chi connectivity index (χ3n) is 7.29. The molecule has 7 nitrogen and oxygen atoms in total. The minimum atomic E-state index is -1.60. The molecular formula is C29H22N4O3. The highest BCUT2D eigenvalue weighted by molar-refractivity contribution is 6.05. The van der Waals surface area contributed by atoms with Crippen LogP contribution in [0.25, 0.3) is 6.08 Å². The van der Waals surface area contributed by atoms with Crippen molar-refractivity contribution in [2.24, 2.45) is 5.41 Å². The first-order chi connectivity index (χ1) is 17.3. The number of Topliss-reactive ketones (excluding diaryl/α,β-unsaturated/α-hetero) is 1. The molecule has 1 saturated heterocycles. The van der Waals surface area contributed by atoms with Crippen molar-refractivity contribution in [2.75, 3.05) is 4.90 Å². The number of nitro groups is 1. The molecule has 2 aliphatic heterocycles. The summed E-state index contributed by atoms with van der Waals surface area (Å²) >= 11 is 0. The van der Waals surface area contributed by atoms with Crippen molar-refractivity contribution >= 4 is 23.2 Å². The number of aryl methyl sites for hydroxylation is 2. The zero-order chi connectivity index (χ0) is 25.6. The van der Waals surface area contributed by atoms with Gasteiger partial charge in [0.05, 0.1) is 23.1 Å². The van der Waals surface area contributed by atoms with Crippen LogP contribution in [0.1, 0.15) is 38.5 Å². The highest BCUT2D eigenvalue weighted by atomic mass is 16.6. The number of carbonyl (C=O) groups is 1. The first kappa shape index (κ1) is 23.0. The second-order valence-electron chi connectivity index (χ2n) is 9.32. The van der Waals surface area contributed by atoms with Gasteiger partial charge in [0.15, 0.2) is 11.2 Å². The van der Waals surface area contributed by atoms with Gasteiger partial charge in [0.1, 0.15) is 6.04 Å². The van der Waals surface area contributed by atoms with Crippen molar-refractivity contribution in [1.29, 1.82) is 10.5 Å². The Balaban J connectivity index is 1.78. The number of nitro benzene ring substituents is 1. The molecule has 3 aromatic rings. The average molecular weight is 475 g/mol. The van der Waals surface area contributed by atoms with E-state index in [1.807, 2.05) is 67.3 Å². The number of benzene rings is 3. The van der Waals surface area contributed by atoms with Gasteiger partial charge in [0, 0.05) is 29.3 Å². The van der Waals surface area contributed by atoms with Crippen LogP contribution in [0.4, 0.5) is 11.4 Å². The molecule has 0 bridgehead atoms. The number of para-hydroxylation sites is 1. The molecular weight excluding hydrogens is 452 g/mol. The topological polar surface area (TPSA) is 111 Å². The van der Waals surface area contributed by atoms with Gasteiger partial charge in [-0.05, 0) is 36.6 Å². The molecule has 1 fully saturated rings. The summed E-state index contributed by atoms with van der Waals surface area (Å²) in [5, 5.41) is 32.2. The maximum atomic E-state index is 14.3. The van der Waals surface area contributed by atoms with Crippen LogP contribution in [0.2, 0.25) is 0 Å². The normalized spacial score (nSPS) is 21.1. The van der Waals surface area contributed by atoms with Crippen molar-refractivity contribution in [3.8, 4) is 12.1 Å². The summed E-state index contributed by atoms with van der Waals surface area (Å²) in [5.41, 5.74) is 2.85. The largest absolute Gasteiger partial charge is 0.351 e. The van der Waals surface area contributed by atoms with Crippen LogP contribution in [-0.2, 0) is 0 Å². The highest BCUT2D eigenvalue weighted by Gasteiger charge is 2.63. The van der Waals surface area contributed by atoms with Crippen molar-refractivity contribution in [1.82, 2.24) is 0 Å². The Morgan fingerprint density at radius 1 is 1.03 bits per heavy atom. The number of ketones is 1. The van der Waals surface area contributed by atoms with Crippen LogP contribution in [-0.4, -0.2) is 22.8 Å². The Bertz CT molecular complexity index is 1500. The third-order valence-corrected chi connectivity index (χ3v) is 7.29. The molecule has 0 aliphatic carbocycles. The molecule has 7 heteroatoms. The fourth-order valence-electron chi connectivity index (χ4n) is 5.66. The molecule has 3 aromatic carbocycles. The van der Waals surface area contributed by atoms with Crippen LogP contribution in [0.15, 0.2) is 72.8 Å². The number of nitrogens with zero attached hydrogens (tertiary/aromatic N) is 4. The van der Waals surface area contributed by atoms with Gasteiger partial charge in [-0.3, -0.25) is 14.9 Å². The van der Waals surface area contributed by atoms with E-state index < -0.39 is 28.3 Å². The molecule has 2 heterocycles. The summed E-state index contributed by atoms with van der Waals surface area (Å²) in [6, 6.07) is 22.0. The van der Waals surface area contributed by atoms with Gasteiger partial charge in [-0.1, -0.05) is 66.2 Å². The van der Waals surface area contributed by atoms with E-state index in [4.69, 9.17) is 0 Å². The van der Waals surface area contributed by atoms with E-state index >= 15 is 0 Å². The summed E-state index contributed by atoms with van der Waals surface area (Å²) in [6.07, 6.45) is 3.71. The van der Waals surface area contributed by atoms with Gasteiger partial charge in [-0.25, -0.2) is 0 Å². The molecule has 0 radical (unpaired) electrons. The van der Waals surface area contributed by atoms with Crippen molar-refractivity contribution < 1.29 is 9.72 Å². The molecule has 0 spiro atoms. The first-order valence-corrected chi connectivity index (χ1v) is 11.6. The van der Waals surface area contributed by atoms with E-state index in [1.165, 1.54) is 12.1 Å². The number of carbonyl (C=O) groups excluding carboxylic acids is 1. The van der Waals surface area contributed by atoms with Crippen molar-refractivity contribution in [3.63, 3.8) is 0 Å². The number of hydrogen-bond acceptors (Lipinski definition) is 6. The molecule has 0 N–H and O–H groups in total. The molecule has 5 rings (SSSR count). The Morgan fingerprint density at radius 2 is 1.72 bits per heavy atom. The predicted octanol–water partition coefficient (Wildman–Crippen LogP) is 5.50. The van der Waals surface area contributed by atoms with Gasteiger partial charge in [-0.15, -0.1) is 0 Å². The maximum Gasteiger partial charge on any atom is 0.269 e. The lowest BCUT2D eigenvalue weighted by Gasteiger charge is -2.35. The smallest absolute Gasteiger partial charge is 0.269 e. The van der Waals surface area contributed by atoms with E-state index in [9.17, 15) is 25.4 Å². The second-order valence-corrected chi connectivity index (χ2v) is 9.32. The third kappa shape index (κ3) is 3.29. The maximum absolute atomic E-state index is 14.3. The van der Waals surface area contributed by atoms with Gasteiger partial charge in [-0.2, -0.15) is 10.5 Å². The molecule has 3 atom stereocenters. The minimum absolute atomic E-state index is 0.100. The van der Waals surface area contributed by atoms with Gasteiger partial charge in [0.25, 0.3) is 5.69 Å². The number of anilines is 1. The molecule has 0 saturated carbocycles. The molecule has 0 aromatic heterocycles. The first-order valence-electron chi connectivity index (χ1n) is 11.6. The van der Waals surface area contributed by atoms with Crippen LogP contribution < -0.4 is 4.90 Å². The molecule has 0 unspecified atom stereocenters. The van der Waals surface area contributed by atoms with Crippen molar-refractivity contribution in [3.05, 3.63) is 111 Å². The lowest BCUT2D eigenvalue weighted by Crippen LogP contribution is -2.44. The van der Waals surface area contributed by atoms with Gasteiger partial charge >= 0.3 is 0 Å². The van der Waals surface area contributed by atoms with Crippen molar-refractivity contribution in [2.45, 2.75) is 31.8 Å². The van der Waals surface area contributed by atoms with Crippen LogP contribution >= 0.6 is 0 Å². The quantitative estimate of drug-likeness (QED) is 0.281. The lowest BCUT2D eigenvalue weighted by molar-refractivity contribution is -0.384. The number of nitriles is 2. The summed E-state index contributed by atoms with van der Waals surface area (Å²) < 4.78 is 0. The summed E-state index contributed by atoms with van der Waals surface area (Å²) in [4.78, 5) is 27.0. The fraction of sp³-hybridized carbons (Fsp3) is 0.207. The van der Waals surface area contributed by atoms with E-state index in [0.29, 0.717) is 11.1 Å². The zero-order valence-corrected chi connectivity index (χ0v) is 19.8. The number of fused-ring (bicyclic) bond motifs is 3. The Morgan fingerprint density at radius 3 is 2.36 bits per heavy atom. The molecule has 36 heavy (non-hydrogen) atoms. The summed E-state index contributed by atoms with van der Waals surface area (Å²) in [6.45, 7) is 3.83. The second kappa shape index (κ2) is 8.48. The zero-order valence-electron chi connectivity index (χ0n) is 19.8. The summed E-state index contributed by atoms with van der Waals surface area (Å²) in [5.74, 6) is -1.04. The number of non-ortho nitro benzene ring substituents is 1. The molecule has 176 valence electrons. The number of hydrogen-bond donors (Lipinski definition) is 0. The molecule has 2 aliphatic rings. The van der Waals surface area contributed by atoms with E-state index in [0.717, 1.165) is 22.4 Å². The Labute approximate surface area is 208 Å². The Kier molecular flexibility index (Phi) is 5.42. The standard InChI is InChI=1S/C29H22N4O3/c1-18-7-13-23(19(2)15-18)28(34)27-26(21-8-11-22(12-9-21)33(35)36)29(16-30,17-31)25-14-10-20-5-3-4-6-24(20)32(25)27/h3-15,25-27H,1-2H3/t25-,26+,27+/m1/s1. The van der Waals surface area contributed by atoms with E-state index in [-0.39, 0.29) is 11.5 Å². The average Bonchev–Trinajstić information content (AvgIpc) is 3.19. The molecule has 0 amide bonds. The van der Waals surface area contributed by atoms with Crippen LogP contribution in [0, 0.1) is 52.0 Å². The van der Waals surface area contributed by atoms with E-state index in [1.54, 1.807) is 18.2 Å². The predicted molar refractivity (Wildman–Crippen MR) is 135 cm³/mol. The van der Waals surface area contributed by atoms with E-state index in [2.05, 4.69) is 12.1 Å². The Hall–Kier alpha value is -4.75. The SMILES string of the molecule is Cc1ccc(C(=O)[C@@H]2[C@H](c3ccc([N+](=O)[O-])cc3)C(C#N)(C#N)[C@H]3C=Cc4ccccc4N23)c(C)c1. The highest BCUT2D eigenvalue weighted by Crippen LogP contribution is 2.55. The van der Waals surface area contributed by atoms with Gasteiger partial charge < -0.3 is 4.90 Å². The number of rotatable bonds is 4. The lowest BCUT2D eigenvalue weighted by atomic mass is 9.69.